The first-order chi connectivity index (χ1) is 14.2. The number of benzene rings is 1. The maximum atomic E-state index is 13.1. The number of carbonyl (C=O) groups excluding carboxylic acids is 1. The smallest absolute Gasteiger partial charge is 0.391 e. The largest absolute Gasteiger partial charge is 0.397 e. The van der Waals surface area contributed by atoms with Crippen LogP contribution in [0.3, 0.4) is 0 Å². The molecule has 2 aliphatic carbocycles. The molecule has 5 N–H and O–H groups in total. The van der Waals surface area contributed by atoms with Gasteiger partial charge in [-0.05, 0) is 44.2 Å². The Morgan fingerprint density at radius 1 is 1.17 bits per heavy atom. The third-order valence-corrected chi connectivity index (χ3v) is 7.03. The Morgan fingerprint density at radius 2 is 1.80 bits per heavy atom. The number of rotatable bonds is 4. The van der Waals surface area contributed by atoms with Crippen molar-refractivity contribution in [3.63, 3.8) is 0 Å². The standard InChI is InChI=1S/C21H29F3N4O2/c1-26-17-8-18(28-9-11-6-12(10-28)19(11)29)15(7-16(17)25)20(30)27-14-4-2-13(3-5-14)21(22,23)24/h7-8,11-14,19,26,29H,2-6,9-10,25H2,1H3,(H,27,30)/t11-,12+,13?,14?,19?. The van der Waals surface area contributed by atoms with Gasteiger partial charge < -0.3 is 26.4 Å². The number of carbonyl (C=O) groups is 1. The van der Waals surface area contributed by atoms with Crippen molar-refractivity contribution in [3.05, 3.63) is 17.7 Å². The molecule has 4 aliphatic rings. The molecule has 1 aromatic rings. The Morgan fingerprint density at radius 3 is 2.33 bits per heavy atom. The van der Waals surface area contributed by atoms with E-state index in [0.717, 1.165) is 12.1 Å². The van der Waals surface area contributed by atoms with E-state index in [1.165, 1.54) is 0 Å². The number of nitrogens with zero attached hydrogens (tertiary/aromatic N) is 1. The molecule has 2 saturated carbocycles. The van der Waals surface area contributed by atoms with Crippen molar-refractivity contribution in [2.24, 2.45) is 17.8 Å². The fourth-order valence-corrected chi connectivity index (χ4v) is 5.15. The maximum absolute atomic E-state index is 13.1. The number of aliphatic hydroxyl groups excluding tert-OH is 1. The van der Waals surface area contributed by atoms with E-state index in [1.807, 2.05) is 6.07 Å². The number of alkyl halides is 3. The van der Waals surface area contributed by atoms with E-state index in [1.54, 1.807) is 13.1 Å². The highest BCUT2D eigenvalue weighted by Gasteiger charge is 2.46. The number of halogens is 3. The minimum Gasteiger partial charge on any atom is -0.397 e. The fraction of sp³-hybridized carbons (Fsp3) is 0.667. The van der Waals surface area contributed by atoms with Gasteiger partial charge in [-0.3, -0.25) is 4.79 Å². The zero-order valence-electron chi connectivity index (χ0n) is 17.0. The zero-order valence-corrected chi connectivity index (χ0v) is 17.0. The van der Waals surface area contributed by atoms with Crippen molar-refractivity contribution in [3.8, 4) is 0 Å². The summed E-state index contributed by atoms with van der Waals surface area (Å²) in [4.78, 5) is 15.2. The summed E-state index contributed by atoms with van der Waals surface area (Å²) in [5, 5.41) is 16.0. The summed E-state index contributed by atoms with van der Waals surface area (Å²) in [6.07, 6.45) is -2.75. The van der Waals surface area contributed by atoms with Gasteiger partial charge in [0.2, 0.25) is 0 Å². The lowest BCUT2D eigenvalue weighted by Gasteiger charge is -2.52. The number of hydrogen-bond donors (Lipinski definition) is 4. The number of fused-ring (bicyclic) bond motifs is 2. The van der Waals surface area contributed by atoms with Gasteiger partial charge in [-0.15, -0.1) is 0 Å². The molecule has 1 unspecified atom stereocenters. The van der Waals surface area contributed by atoms with Crippen LogP contribution >= 0.6 is 0 Å². The highest BCUT2D eigenvalue weighted by Crippen LogP contribution is 2.43. The summed E-state index contributed by atoms with van der Waals surface area (Å²) in [6.45, 7) is 1.34. The molecule has 3 atom stereocenters. The first-order valence-corrected chi connectivity index (χ1v) is 10.6. The lowest BCUT2D eigenvalue weighted by atomic mass is 9.68. The quantitative estimate of drug-likeness (QED) is 0.556. The van der Waals surface area contributed by atoms with E-state index in [2.05, 4.69) is 15.5 Å². The number of nitrogens with two attached hydrogens (primary N) is 1. The van der Waals surface area contributed by atoms with Crippen LogP contribution in [0.1, 0.15) is 42.5 Å². The molecule has 4 fully saturated rings. The molecule has 5 rings (SSSR count). The second-order valence-corrected chi connectivity index (χ2v) is 8.92. The van der Waals surface area contributed by atoms with E-state index in [0.29, 0.717) is 42.9 Å². The molecule has 2 bridgehead atoms. The Labute approximate surface area is 174 Å². The van der Waals surface area contributed by atoms with Crippen LogP contribution in [0.4, 0.5) is 30.2 Å². The average Bonchev–Trinajstić information content (AvgIpc) is 2.72. The molecule has 1 amide bonds. The molecule has 0 radical (unpaired) electrons. The number of aliphatic hydroxyl groups is 1. The molecule has 9 heteroatoms. The van der Waals surface area contributed by atoms with Gasteiger partial charge in [0, 0.05) is 38.0 Å². The highest BCUT2D eigenvalue weighted by molar-refractivity contribution is 6.02. The molecule has 2 saturated heterocycles. The number of nitrogen functional groups attached to an aromatic ring is 1. The third-order valence-electron chi connectivity index (χ3n) is 7.03. The van der Waals surface area contributed by atoms with Crippen molar-refractivity contribution in [2.45, 2.75) is 50.4 Å². The number of hydrogen-bond acceptors (Lipinski definition) is 5. The predicted molar refractivity (Wildman–Crippen MR) is 109 cm³/mol. The van der Waals surface area contributed by atoms with Crippen LogP contribution in [0.5, 0.6) is 0 Å². The van der Waals surface area contributed by atoms with Crippen molar-refractivity contribution in [2.75, 3.05) is 36.1 Å². The van der Waals surface area contributed by atoms with Gasteiger partial charge in [-0.25, -0.2) is 0 Å². The summed E-state index contributed by atoms with van der Waals surface area (Å²) >= 11 is 0. The molecule has 6 nitrogen and oxygen atoms in total. The second kappa shape index (κ2) is 7.83. The van der Waals surface area contributed by atoms with Crippen molar-refractivity contribution < 1.29 is 23.1 Å². The van der Waals surface area contributed by atoms with Crippen LogP contribution in [0.15, 0.2) is 12.1 Å². The summed E-state index contributed by atoms with van der Waals surface area (Å²) < 4.78 is 38.7. The van der Waals surface area contributed by atoms with Gasteiger partial charge in [-0.1, -0.05) is 0 Å². The number of nitrogens with one attached hydrogen (secondary N) is 2. The van der Waals surface area contributed by atoms with E-state index in [4.69, 9.17) is 5.73 Å². The SMILES string of the molecule is CNc1cc(N2C[C@H]3C[C@@H](C2)C3O)c(C(=O)NC2CCC(C(F)(F)F)CC2)cc1N. The zero-order chi connectivity index (χ0) is 21.6. The van der Waals surface area contributed by atoms with Crippen LogP contribution in [0.25, 0.3) is 0 Å². The van der Waals surface area contributed by atoms with Crippen molar-refractivity contribution in [1.29, 1.82) is 0 Å². The topological polar surface area (TPSA) is 90.6 Å². The Kier molecular flexibility index (Phi) is 5.50. The first kappa shape index (κ1) is 21.1. The number of amides is 1. The third kappa shape index (κ3) is 3.91. The molecular weight excluding hydrogens is 397 g/mol. The van der Waals surface area contributed by atoms with Crippen LogP contribution in [0, 0.1) is 17.8 Å². The van der Waals surface area contributed by atoms with Gasteiger partial charge >= 0.3 is 6.18 Å². The predicted octanol–water partition coefficient (Wildman–Crippen LogP) is 2.98. The molecule has 2 heterocycles. The monoisotopic (exact) mass is 426 g/mol. The van der Waals surface area contributed by atoms with Gasteiger partial charge in [0.25, 0.3) is 5.91 Å². The molecule has 30 heavy (non-hydrogen) atoms. The molecule has 166 valence electrons. The Balaban J connectivity index is 1.50. The molecule has 2 aliphatic heterocycles. The van der Waals surface area contributed by atoms with Crippen LogP contribution in [-0.4, -0.2) is 49.5 Å². The van der Waals surface area contributed by atoms with Crippen molar-refractivity contribution >= 4 is 23.0 Å². The summed E-state index contributed by atoms with van der Waals surface area (Å²) in [5.41, 5.74) is 8.43. The van der Waals surface area contributed by atoms with Gasteiger partial charge in [0.05, 0.1) is 34.6 Å². The van der Waals surface area contributed by atoms with E-state index in [-0.39, 0.29) is 42.7 Å². The van der Waals surface area contributed by atoms with Gasteiger partial charge in [0.1, 0.15) is 0 Å². The van der Waals surface area contributed by atoms with Gasteiger partial charge in [0.15, 0.2) is 0 Å². The average molecular weight is 426 g/mol. The molecule has 0 aromatic heterocycles. The summed E-state index contributed by atoms with van der Waals surface area (Å²) in [7, 11) is 1.76. The van der Waals surface area contributed by atoms with E-state index in [9.17, 15) is 23.1 Å². The lowest BCUT2D eigenvalue weighted by Crippen LogP contribution is -2.58. The van der Waals surface area contributed by atoms with Crippen LogP contribution in [-0.2, 0) is 0 Å². The minimum atomic E-state index is -4.17. The maximum Gasteiger partial charge on any atom is 0.391 e. The number of piperidine rings is 2. The van der Waals surface area contributed by atoms with Crippen molar-refractivity contribution in [1.82, 2.24) is 5.32 Å². The Bertz CT molecular complexity index is 796. The van der Waals surface area contributed by atoms with Crippen LogP contribution in [0.2, 0.25) is 0 Å². The molecule has 1 aromatic carbocycles. The van der Waals surface area contributed by atoms with E-state index < -0.39 is 12.1 Å². The number of anilines is 3. The Hall–Kier alpha value is -2.16. The summed E-state index contributed by atoms with van der Waals surface area (Å²) in [5.74, 6) is -1.19. The van der Waals surface area contributed by atoms with Gasteiger partial charge in [-0.2, -0.15) is 13.2 Å². The fourth-order valence-electron chi connectivity index (χ4n) is 5.15. The second-order valence-electron chi connectivity index (χ2n) is 8.92. The normalized spacial score (nSPS) is 31.1. The molecule has 0 spiro atoms. The highest BCUT2D eigenvalue weighted by atomic mass is 19.4. The van der Waals surface area contributed by atoms with E-state index >= 15 is 0 Å². The first-order valence-electron chi connectivity index (χ1n) is 10.6. The lowest BCUT2D eigenvalue weighted by molar-refractivity contribution is -0.182. The summed E-state index contributed by atoms with van der Waals surface area (Å²) in [6, 6.07) is 3.21. The van der Waals surface area contributed by atoms with Crippen LogP contribution < -0.4 is 21.3 Å². The molecular formula is C21H29F3N4O2. The minimum absolute atomic E-state index is 0.0372.